The minimum absolute atomic E-state index is 0.236. The molecule has 26 heavy (non-hydrogen) atoms. The van der Waals surface area contributed by atoms with E-state index in [4.69, 9.17) is 0 Å². The summed E-state index contributed by atoms with van der Waals surface area (Å²) in [6, 6.07) is 18.7. The number of aromatic amines is 1. The molecule has 0 saturated carbocycles. The zero-order valence-electron chi connectivity index (χ0n) is 13.8. The van der Waals surface area contributed by atoms with E-state index in [0.29, 0.717) is 18.5 Å². The lowest BCUT2D eigenvalue weighted by molar-refractivity contribution is 0.582. The number of hydrogen-bond acceptors (Lipinski definition) is 4. The normalized spacial score (nSPS) is 11.8. The number of hydrogen-bond donors (Lipinski definition) is 2. The van der Waals surface area contributed by atoms with Gasteiger partial charge in [-0.25, -0.2) is 18.1 Å². The predicted octanol–water partition coefficient (Wildman–Crippen LogP) is 3.81. The molecule has 0 atom stereocenters. The van der Waals surface area contributed by atoms with Gasteiger partial charge in [0, 0.05) is 17.0 Å². The van der Waals surface area contributed by atoms with Crippen LogP contribution in [0.25, 0.3) is 22.4 Å². The Labute approximate surface area is 155 Å². The maximum atomic E-state index is 12.5. The average Bonchev–Trinajstić information content (AvgIpc) is 3.31. The first-order chi connectivity index (χ1) is 12.6. The molecule has 0 spiro atoms. The van der Waals surface area contributed by atoms with Crippen LogP contribution in [-0.4, -0.2) is 24.9 Å². The molecule has 0 aliphatic carbocycles. The molecule has 4 aromatic rings. The molecule has 4 rings (SSSR count). The highest BCUT2D eigenvalue weighted by atomic mass is 32.2. The van der Waals surface area contributed by atoms with Crippen molar-refractivity contribution in [1.29, 1.82) is 0 Å². The first-order valence-electron chi connectivity index (χ1n) is 8.19. The Morgan fingerprint density at radius 2 is 1.88 bits per heavy atom. The SMILES string of the molecule is O=S(=O)(NCCc1cccs1)c1ccc2nc(-c3ccccc3)[nH]c2c1. The number of H-pyrrole nitrogens is 1. The van der Waals surface area contributed by atoms with Gasteiger partial charge in [-0.05, 0) is 36.1 Å². The van der Waals surface area contributed by atoms with Gasteiger partial charge in [-0.3, -0.25) is 0 Å². The molecule has 0 unspecified atom stereocenters. The van der Waals surface area contributed by atoms with Crippen LogP contribution in [0.3, 0.4) is 0 Å². The van der Waals surface area contributed by atoms with Gasteiger partial charge in [-0.15, -0.1) is 11.3 Å². The lowest BCUT2D eigenvalue weighted by Crippen LogP contribution is -2.25. The molecule has 0 bridgehead atoms. The number of fused-ring (bicyclic) bond motifs is 1. The number of nitrogens with zero attached hydrogens (tertiary/aromatic N) is 1. The average molecular weight is 383 g/mol. The zero-order chi connectivity index (χ0) is 18.0. The number of benzene rings is 2. The molecule has 7 heteroatoms. The second-order valence-electron chi connectivity index (χ2n) is 5.86. The molecule has 0 fully saturated rings. The van der Waals surface area contributed by atoms with Gasteiger partial charge in [0.05, 0.1) is 15.9 Å². The highest BCUT2D eigenvalue weighted by Crippen LogP contribution is 2.22. The molecule has 0 aliphatic heterocycles. The maximum absolute atomic E-state index is 12.5. The lowest BCUT2D eigenvalue weighted by atomic mass is 10.2. The summed E-state index contributed by atoms with van der Waals surface area (Å²) in [5, 5.41) is 1.99. The molecule has 0 radical (unpaired) electrons. The third-order valence-electron chi connectivity index (χ3n) is 4.05. The summed E-state index contributed by atoms with van der Waals surface area (Å²) >= 11 is 1.62. The Bertz CT molecular complexity index is 1120. The monoisotopic (exact) mass is 383 g/mol. The van der Waals surface area contributed by atoms with Gasteiger partial charge in [0.15, 0.2) is 0 Å². The van der Waals surface area contributed by atoms with Crippen molar-refractivity contribution >= 4 is 32.4 Å². The fourth-order valence-corrected chi connectivity index (χ4v) is 4.50. The zero-order valence-corrected chi connectivity index (χ0v) is 15.5. The van der Waals surface area contributed by atoms with Crippen LogP contribution in [0.4, 0.5) is 0 Å². The number of imidazole rings is 1. The topological polar surface area (TPSA) is 74.8 Å². The summed E-state index contributed by atoms with van der Waals surface area (Å²) in [5.41, 5.74) is 2.40. The molecule has 2 aromatic heterocycles. The molecule has 2 aromatic carbocycles. The van der Waals surface area contributed by atoms with Gasteiger partial charge in [0.2, 0.25) is 10.0 Å². The highest BCUT2D eigenvalue weighted by Gasteiger charge is 2.15. The minimum atomic E-state index is -3.55. The van der Waals surface area contributed by atoms with Gasteiger partial charge >= 0.3 is 0 Å². The van der Waals surface area contributed by atoms with Crippen LogP contribution >= 0.6 is 11.3 Å². The van der Waals surface area contributed by atoms with E-state index in [0.717, 1.165) is 21.8 Å². The van der Waals surface area contributed by atoms with E-state index in [1.54, 1.807) is 29.5 Å². The standard InChI is InChI=1S/C19H17N3O2S2/c23-26(24,20-11-10-15-7-4-12-25-15)16-8-9-17-18(13-16)22-19(21-17)14-5-2-1-3-6-14/h1-9,12-13,20H,10-11H2,(H,21,22). The summed E-state index contributed by atoms with van der Waals surface area (Å²) in [6.07, 6.45) is 0.682. The first-order valence-corrected chi connectivity index (χ1v) is 10.6. The van der Waals surface area contributed by atoms with Crippen molar-refractivity contribution in [3.8, 4) is 11.4 Å². The van der Waals surface area contributed by atoms with Gasteiger partial charge in [-0.2, -0.15) is 0 Å². The number of sulfonamides is 1. The minimum Gasteiger partial charge on any atom is -0.338 e. The van der Waals surface area contributed by atoms with Gasteiger partial charge in [-0.1, -0.05) is 36.4 Å². The second kappa shape index (κ2) is 7.03. The molecule has 0 amide bonds. The summed E-state index contributed by atoms with van der Waals surface area (Å²) in [5.74, 6) is 0.723. The van der Waals surface area contributed by atoms with Crippen molar-refractivity contribution in [2.45, 2.75) is 11.3 Å². The summed E-state index contributed by atoms with van der Waals surface area (Å²) in [7, 11) is -3.55. The van der Waals surface area contributed by atoms with E-state index >= 15 is 0 Å². The van der Waals surface area contributed by atoms with Crippen molar-refractivity contribution in [3.63, 3.8) is 0 Å². The van der Waals surface area contributed by atoms with Gasteiger partial charge in [0.1, 0.15) is 5.82 Å². The van der Waals surface area contributed by atoms with Crippen molar-refractivity contribution < 1.29 is 8.42 Å². The number of rotatable bonds is 6. The van der Waals surface area contributed by atoms with E-state index in [2.05, 4.69) is 14.7 Å². The fraction of sp³-hybridized carbons (Fsp3) is 0.105. The van der Waals surface area contributed by atoms with Crippen LogP contribution in [0.5, 0.6) is 0 Å². The summed E-state index contributed by atoms with van der Waals surface area (Å²) in [6.45, 7) is 0.374. The van der Waals surface area contributed by atoms with Gasteiger partial charge < -0.3 is 4.98 Å². The van der Waals surface area contributed by atoms with E-state index < -0.39 is 10.0 Å². The molecule has 2 N–H and O–H groups in total. The second-order valence-corrected chi connectivity index (χ2v) is 8.66. The third-order valence-corrected chi connectivity index (χ3v) is 6.45. The van der Waals surface area contributed by atoms with Crippen molar-refractivity contribution in [2.75, 3.05) is 6.54 Å². The van der Waals surface area contributed by atoms with E-state index in [1.807, 2.05) is 47.8 Å². The Morgan fingerprint density at radius 3 is 2.65 bits per heavy atom. The number of thiophene rings is 1. The predicted molar refractivity (Wildman–Crippen MR) is 105 cm³/mol. The Balaban J connectivity index is 1.56. The van der Waals surface area contributed by atoms with Crippen LogP contribution in [0.1, 0.15) is 4.88 Å². The molecule has 0 saturated heterocycles. The molecule has 2 heterocycles. The van der Waals surface area contributed by atoms with Crippen LogP contribution in [0.2, 0.25) is 0 Å². The summed E-state index contributed by atoms with van der Waals surface area (Å²) in [4.78, 5) is 9.13. The van der Waals surface area contributed by atoms with Crippen LogP contribution in [0, 0.1) is 0 Å². The first kappa shape index (κ1) is 17.0. The largest absolute Gasteiger partial charge is 0.338 e. The smallest absolute Gasteiger partial charge is 0.240 e. The van der Waals surface area contributed by atoms with Crippen LogP contribution in [0.15, 0.2) is 70.9 Å². The molecule has 5 nitrogen and oxygen atoms in total. The maximum Gasteiger partial charge on any atom is 0.240 e. The van der Waals surface area contributed by atoms with E-state index in [-0.39, 0.29) is 4.90 Å². The molecule has 132 valence electrons. The fourth-order valence-electron chi connectivity index (χ4n) is 2.74. The van der Waals surface area contributed by atoms with E-state index in [1.165, 1.54) is 0 Å². The Morgan fingerprint density at radius 1 is 1.04 bits per heavy atom. The van der Waals surface area contributed by atoms with Crippen LogP contribution < -0.4 is 4.72 Å². The highest BCUT2D eigenvalue weighted by molar-refractivity contribution is 7.89. The summed E-state index contributed by atoms with van der Waals surface area (Å²) < 4.78 is 27.7. The Hall–Kier alpha value is -2.48. The quantitative estimate of drug-likeness (QED) is 0.532. The van der Waals surface area contributed by atoms with E-state index in [9.17, 15) is 8.42 Å². The van der Waals surface area contributed by atoms with Crippen LogP contribution in [-0.2, 0) is 16.4 Å². The van der Waals surface area contributed by atoms with Crippen molar-refractivity contribution in [1.82, 2.24) is 14.7 Å². The lowest BCUT2D eigenvalue weighted by Gasteiger charge is -2.06. The number of nitrogens with one attached hydrogen (secondary N) is 2. The number of aromatic nitrogens is 2. The van der Waals surface area contributed by atoms with Crippen molar-refractivity contribution in [3.05, 3.63) is 70.9 Å². The van der Waals surface area contributed by atoms with Gasteiger partial charge in [0.25, 0.3) is 0 Å². The third kappa shape index (κ3) is 3.55. The molecular weight excluding hydrogens is 366 g/mol. The molecular formula is C19H17N3O2S2. The Kier molecular flexibility index (Phi) is 4.58. The van der Waals surface area contributed by atoms with Crippen molar-refractivity contribution in [2.24, 2.45) is 0 Å². The molecule has 0 aliphatic rings.